The molecule has 2 rings (SSSR count). The van der Waals surface area contributed by atoms with Crippen LogP contribution in [0.4, 0.5) is 26.3 Å². The molecule has 2 N–H and O–H groups in total. The number of hydrogen-bond acceptors (Lipinski definition) is 5. The zero-order valence-corrected chi connectivity index (χ0v) is 16.7. The first kappa shape index (κ1) is 24.6. The summed E-state index contributed by atoms with van der Waals surface area (Å²) in [7, 11) is 2.77. The second kappa shape index (κ2) is 10.1. The van der Waals surface area contributed by atoms with Crippen molar-refractivity contribution in [1.82, 2.24) is 5.32 Å². The molecular formula is C20H21F6NO4. The number of hydrogen-bond donors (Lipinski definition) is 2. The lowest BCUT2D eigenvalue weighted by molar-refractivity contribution is -0.143. The fraction of sp³-hybridized carbons (Fsp3) is 0.400. The molecule has 0 spiro atoms. The molecule has 0 saturated heterocycles. The van der Waals surface area contributed by atoms with Crippen LogP contribution in [0.15, 0.2) is 30.3 Å². The number of aliphatic hydroxyl groups excluding tert-OH is 1. The van der Waals surface area contributed by atoms with E-state index >= 15 is 0 Å². The van der Waals surface area contributed by atoms with E-state index in [4.69, 9.17) is 19.3 Å². The van der Waals surface area contributed by atoms with Gasteiger partial charge in [-0.05, 0) is 23.8 Å². The summed E-state index contributed by atoms with van der Waals surface area (Å²) in [6, 6.07) is 4.26. The van der Waals surface area contributed by atoms with Crippen LogP contribution in [0.1, 0.15) is 22.3 Å². The Hall–Kier alpha value is -2.66. The van der Waals surface area contributed by atoms with Crippen molar-refractivity contribution in [3.63, 3.8) is 0 Å². The van der Waals surface area contributed by atoms with E-state index in [9.17, 15) is 26.3 Å². The van der Waals surface area contributed by atoms with Crippen LogP contribution in [0, 0.1) is 0 Å². The first-order valence-electron chi connectivity index (χ1n) is 8.97. The van der Waals surface area contributed by atoms with Crippen molar-refractivity contribution in [2.24, 2.45) is 0 Å². The highest BCUT2D eigenvalue weighted by Gasteiger charge is 2.37. The maximum atomic E-state index is 13.1. The zero-order chi connectivity index (χ0) is 23.2. The summed E-state index contributed by atoms with van der Waals surface area (Å²) >= 11 is 0. The van der Waals surface area contributed by atoms with Gasteiger partial charge in [-0.25, -0.2) is 0 Å². The van der Waals surface area contributed by atoms with Gasteiger partial charge in [-0.3, -0.25) is 0 Å². The van der Waals surface area contributed by atoms with Crippen molar-refractivity contribution in [3.8, 4) is 17.2 Å². The Morgan fingerprint density at radius 2 is 1.42 bits per heavy atom. The lowest BCUT2D eigenvalue weighted by Gasteiger charge is -2.18. The molecule has 0 aliphatic carbocycles. The summed E-state index contributed by atoms with van der Waals surface area (Å²) in [4.78, 5) is 0. The minimum Gasteiger partial charge on any atom is -0.496 e. The highest BCUT2D eigenvalue weighted by atomic mass is 19.4. The third-order valence-corrected chi connectivity index (χ3v) is 4.23. The van der Waals surface area contributed by atoms with Gasteiger partial charge in [0.05, 0.1) is 37.5 Å². The van der Waals surface area contributed by atoms with E-state index in [1.165, 1.54) is 20.3 Å². The van der Waals surface area contributed by atoms with Crippen molar-refractivity contribution in [2.45, 2.75) is 25.5 Å². The maximum absolute atomic E-state index is 13.1. The molecule has 0 aliphatic rings. The molecule has 0 unspecified atom stereocenters. The summed E-state index contributed by atoms with van der Waals surface area (Å²) in [6.07, 6.45) is -9.90. The average molecular weight is 453 g/mol. The van der Waals surface area contributed by atoms with E-state index in [1.807, 2.05) is 0 Å². The predicted molar refractivity (Wildman–Crippen MR) is 99.1 cm³/mol. The Balaban J connectivity index is 2.40. The third kappa shape index (κ3) is 6.66. The quantitative estimate of drug-likeness (QED) is 0.436. The first-order chi connectivity index (χ1) is 14.5. The second-order valence-corrected chi connectivity index (χ2v) is 6.41. The van der Waals surface area contributed by atoms with Crippen LogP contribution in [0.25, 0.3) is 0 Å². The number of aliphatic hydroxyl groups is 1. The monoisotopic (exact) mass is 453 g/mol. The summed E-state index contributed by atoms with van der Waals surface area (Å²) in [6.45, 7) is -0.286. The molecule has 0 atom stereocenters. The number of halogens is 6. The molecule has 0 radical (unpaired) electrons. The topological polar surface area (TPSA) is 60.0 Å². The molecule has 0 saturated carbocycles. The third-order valence-electron chi connectivity index (χ3n) is 4.23. The SMILES string of the molecule is COc1cc(OC)c(CNCCO)c(OCc2cc(C(F)(F)F)cc(C(F)(F)F)c2)c1. The predicted octanol–water partition coefficient (Wildman–Crippen LogP) is 4.40. The molecule has 172 valence electrons. The standard InChI is InChI=1S/C20H21F6NO4/c1-29-15-8-17(30-2)16(10-27-3-4-28)18(9-15)31-11-12-5-13(19(21,22)23)7-14(6-12)20(24,25)26/h5-9,27-28H,3-4,10-11H2,1-2H3. The molecule has 0 aliphatic heterocycles. The molecule has 2 aromatic carbocycles. The number of alkyl halides is 6. The van der Waals surface area contributed by atoms with Gasteiger partial charge in [0.25, 0.3) is 0 Å². The maximum Gasteiger partial charge on any atom is 0.416 e. The summed E-state index contributed by atoms with van der Waals surface area (Å²) < 4.78 is 94.4. The number of methoxy groups -OCH3 is 2. The van der Waals surface area contributed by atoms with Gasteiger partial charge in [-0.2, -0.15) is 26.3 Å². The van der Waals surface area contributed by atoms with Crippen LogP contribution in [-0.4, -0.2) is 32.5 Å². The van der Waals surface area contributed by atoms with Crippen LogP contribution in [-0.2, 0) is 25.5 Å². The van der Waals surface area contributed by atoms with Crippen molar-refractivity contribution in [3.05, 3.63) is 52.6 Å². The highest BCUT2D eigenvalue weighted by molar-refractivity contribution is 5.51. The zero-order valence-electron chi connectivity index (χ0n) is 16.7. The van der Waals surface area contributed by atoms with Gasteiger partial charge < -0.3 is 24.6 Å². The number of benzene rings is 2. The van der Waals surface area contributed by atoms with Gasteiger partial charge in [0.2, 0.25) is 0 Å². The van der Waals surface area contributed by atoms with Crippen LogP contribution in [0.5, 0.6) is 17.2 Å². The highest BCUT2D eigenvalue weighted by Crippen LogP contribution is 2.38. The van der Waals surface area contributed by atoms with Gasteiger partial charge in [0.15, 0.2) is 0 Å². The van der Waals surface area contributed by atoms with Crippen molar-refractivity contribution in [2.75, 3.05) is 27.4 Å². The minimum absolute atomic E-state index is 0.0579. The van der Waals surface area contributed by atoms with Crippen LogP contribution >= 0.6 is 0 Å². The van der Waals surface area contributed by atoms with E-state index in [1.54, 1.807) is 6.07 Å². The van der Waals surface area contributed by atoms with Crippen molar-refractivity contribution >= 4 is 0 Å². The van der Waals surface area contributed by atoms with Gasteiger partial charge in [-0.1, -0.05) is 0 Å². The fourth-order valence-electron chi connectivity index (χ4n) is 2.75. The smallest absolute Gasteiger partial charge is 0.416 e. The largest absolute Gasteiger partial charge is 0.496 e. The number of ether oxygens (including phenoxy) is 3. The van der Waals surface area contributed by atoms with E-state index in [-0.39, 0.29) is 37.1 Å². The van der Waals surface area contributed by atoms with Gasteiger partial charge >= 0.3 is 12.4 Å². The molecule has 0 amide bonds. The molecule has 2 aromatic rings. The Labute approximate surface area is 174 Å². The molecule has 31 heavy (non-hydrogen) atoms. The normalized spacial score (nSPS) is 12.0. The van der Waals surface area contributed by atoms with Crippen LogP contribution < -0.4 is 19.5 Å². The van der Waals surface area contributed by atoms with E-state index in [2.05, 4.69) is 5.32 Å². The molecule has 11 heteroatoms. The van der Waals surface area contributed by atoms with Gasteiger partial charge in [-0.15, -0.1) is 0 Å². The minimum atomic E-state index is -4.95. The second-order valence-electron chi connectivity index (χ2n) is 6.41. The summed E-state index contributed by atoms with van der Waals surface area (Å²) in [5, 5.41) is 11.8. The van der Waals surface area contributed by atoms with Crippen molar-refractivity contribution in [1.29, 1.82) is 0 Å². The average Bonchev–Trinajstić information content (AvgIpc) is 2.71. The number of nitrogens with one attached hydrogen (secondary N) is 1. The summed E-state index contributed by atoms with van der Waals surface area (Å²) in [5.41, 5.74) is -2.69. The molecule has 0 bridgehead atoms. The first-order valence-corrected chi connectivity index (χ1v) is 8.97. The fourth-order valence-corrected chi connectivity index (χ4v) is 2.75. The van der Waals surface area contributed by atoms with Crippen molar-refractivity contribution < 1.29 is 45.7 Å². The van der Waals surface area contributed by atoms with E-state index in [0.29, 0.717) is 29.2 Å². The Morgan fingerprint density at radius 1 is 0.839 bits per heavy atom. The molecule has 5 nitrogen and oxygen atoms in total. The van der Waals surface area contributed by atoms with Crippen LogP contribution in [0.3, 0.4) is 0 Å². The molecule has 0 fully saturated rings. The van der Waals surface area contributed by atoms with Crippen LogP contribution in [0.2, 0.25) is 0 Å². The molecular weight excluding hydrogens is 432 g/mol. The van der Waals surface area contributed by atoms with E-state index < -0.39 is 30.1 Å². The molecule has 0 heterocycles. The Kier molecular flexibility index (Phi) is 8.02. The van der Waals surface area contributed by atoms with Gasteiger partial charge in [0.1, 0.15) is 23.9 Å². The lowest BCUT2D eigenvalue weighted by atomic mass is 10.1. The Bertz CT molecular complexity index is 851. The van der Waals surface area contributed by atoms with E-state index in [0.717, 1.165) is 0 Å². The Morgan fingerprint density at radius 3 is 1.90 bits per heavy atom. The lowest BCUT2D eigenvalue weighted by Crippen LogP contribution is -2.18. The molecule has 0 aromatic heterocycles. The summed E-state index contributed by atoms with van der Waals surface area (Å²) in [5.74, 6) is 0.796. The van der Waals surface area contributed by atoms with Gasteiger partial charge in [0, 0.05) is 25.2 Å². The number of rotatable bonds is 9.